The topological polar surface area (TPSA) is 78.0 Å². The molecule has 16 heavy (non-hydrogen) atoms. The molecule has 0 bridgehead atoms. The third-order valence-corrected chi connectivity index (χ3v) is 2.29. The number of aromatic nitrogens is 1. The molecule has 1 heterocycles. The number of nitrogen functional groups attached to an aromatic ring is 1. The van der Waals surface area contributed by atoms with E-state index in [2.05, 4.69) is 16.4 Å². The fourth-order valence-corrected chi connectivity index (χ4v) is 1.46. The standard InChI is InChI=1S/C11H17N5/c1-14-4-3-5-16(2)11-9(7-12)6-10(13)8-15-11/h6,8,14H,3-5,13H2,1-2H3. The largest absolute Gasteiger partial charge is 0.397 e. The van der Waals surface area contributed by atoms with Crippen molar-refractivity contribution in [3.63, 3.8) is 0 Å². The minimum atomic E-state index is 0.518. The Kier molecular flexibility index (Phi) is 4.55. The molecule has 86 valence electrons. The van der Waals surface area contributed by atoms with Gasteiger partial charge in [-0.2, -0.15) is 5.26 Å². The monoisotopic (exact) mass is 219 g/mol. The highest BCUT2D eigenvalue weighted by atomic mass is 15.2. The molecule has 0 amide bonds. The molecule has 0 saturated carbocycles. The summed E-state index contributed by atoms with van der Waals surface area (Å²) in [5.74, 6) is 0.688. The number of nitrogens with two attached hydrogens (primary N) is 1. The van der Waals surface area contributed by atoms with Gasteiger partial charge in [0.1, 0.15) is 11.9 Å². The van der Waals surface area contributed by atoms with Gasteiger partial charge in [-0.25, -0.2) is 4.98 Å². The molecule has 0 aliphatic carbocycles. The molecule has 0 atom stereocenters. The second kappa shape index (κ2) is 5.93. The van der Waals surface area contributed by atoms with E-state index < -0.39 is 0 Å². The normalized spacial score (nSPS) is 9.81. The highest BCUT2D eigenvalue weighted by Crippen LogP contribution is 2.17. The Bertz CT molecular complexity index is 382. The van der Waals surface area contributed by atoms with Gasteiger partial charge in [0.25, 0.3) is 0 Å². The van der Waals surface area contributed by atoms with Crippen LogP contribution >= 0.6 is 0 Å². The molecule has 0 saturated heterocycles. The molecule has 3 N–H and O–H groups in total. The van der Waals surface area contributed by atoms with Crippen LogP contribution in [0.5, 0.6) is 0 Å². The second-order valence-electron chi connectivity index (χ2n) is 3.63. The van der Waals surface area contributed by atoms with Crippen molar-refractivity contribution in [3.05, 3.63) is 17.8 Å². The number of nitrogens with zero attached hydrogens (tertiary/aromatic N) is 3. The molecule has 1 aromatic heterocycles. The maximum Gasteiger partial charge on any atom is 0.146 e. The van der Waals surface area contributed by atoms with Crippen molar-refractivity contribution in [2.75, 3.05) is 37.8 Å². The molecular weight excluding hydrogens is 202 g/mol. The summed E-state index contributed by atoms with van der Waals surface area (Å²) in [6.07, 6.45) is 2.58. The molecule has 0 spiro atoms. The summed E-state index contributed by atoms with van der Waals surface area (Å²) in [5.41, 5.74) is 6.62. The SMILES string of the molecule is CNCCCN(C)c1ncc(N)cc1C#N. The molecule has 0 aliphatic heterocycles. The van der Waals surface area contributed by atoms with Crippen molar-refractivity contribution < 1.29 is 0 Å². The third-order valence-electron chi connectivity index (χ3n) is 2.29. The minimum Gasteiger partial charge on any atom is -0.397 e. The molecular formula is C11H17N5. The van der Waals surface area contributed by atoms with E-state index in [4.69, 9.17) is 11.0 Å². The van der Waals surface area contributed by atoms with E-state index in [1.165, 1.54) is 0 Å². The smallest absolute Gasteiger partial charge is 0.146 e. The lowest BCUT2D eigenvalue weighted by Gasteiger charge is -2.19. The number of rotatable bonds is 5. The maximum absolute atomic E-state index is 8.98. The molecule has 1 aromatic rings. The van der Waals surface area contributed by atoms with Crippen LogP contribution in [-0.2, 0) is 0 Å². The number of nitriles is 1. The Balaban J connectivity index is 2.75. The summed E-state index contributed by atoms with van der Waals surface area (Å²) < 4.78 is 0. The molecule has 5 heteroatoms. The fourth-order valence-electron chi connectivity index (χ4n) is 1.46. The van der Waals surface area contributed by atoms with Crippen LogP contribution in [0.3, 0.4) is 0 Å². The second-order valence-corrected chi connectivity index (χ2v) is 3.63. The quantitative estimate of drug-likeness (QED) is 0.708. The van der Waals surface area contributed by atoms with Crippen LogP contribution < -0.4 is 16.0 Å². The van der Waals surface area contributed by atoms with Crippen molar-refractivity contribution >= 4 is 11.5 Å². The number of hydrogen-bond acceptors (Lipinski definition) is 5. The lowest BCUT2D eigenvalue weighted by Crippen LogP contribution is -2.24. The van der Waals surface area contributed by atoms with Gasteiger partial charge in [0.05, 0.1) is 17.4 Å². The van der Waals surface area contributed by atoms with Crippen molar-refractivity contribution in [2.24, 2.45) is 0 Å². The Morgan fingerprint density at radius 1 is 1.62 bits per heavy atom. The molecule has 0 aliphatic rings. The molecule has 0 radical (unpaired) electrons. The lowest BCUT2D eigenvalue weighted by molar-refractivity contribution is 0.709. The van der Waals surface area contributed by atoms with Gasteiger partial charge in [-0.15, -0.1) is 0 Å². The first-order valence-electron chi connectivity index (χ1n) is 5.20. The van der Waals surface area contributed by atoms with Gasteiger partial charge in [-0.05, 0) is 26.1 Å². The van der Waals surface area contributed by atoms with Crippen LogP contribution in [0.4, 0.5) is 11.5 Å². The average Bonchev–Trinajstić information content (AvgIpc) is 2.29. The number of hydrogen-bond donors (Lipinski definition) is 2. The average molecular weight is 219 g/mol. The van der Waals surface area contributed by atoms with E-state index in [1.807, 2.05) is 19.0 Å². The van der Waals surface area contributed by atoms with Crippen LogP contribution in [0.15, 0.2) is 12.3 Å². The lowest BCUT2D eigenvalue weighted by atomic mass is 10.2. The van der Waals surface area contributed by atoms with Gasteiger partial charge in [0, 0.05) is 13.6 Å². The van der Waals surface area contributed by atoms with Crippen molar-refractivity contribution in [3.8, 4) is 6.07 Å². The van der Waals surface area contributed by atoms with Crippen molar-refractivity contribution in [1.82, 2.24) is 10.3 Å². The van der Waals surface area contributed by atoms with Gasteiger partial charge in [-0.1, -0.05) is 0 Å². The number of pyridine rings is 1. The van der Waals surface area contributed by atoms with E-state index in [9.17, 15) is 0 Å². The van der Waals surface area contributed by atoms with Gasteiger partial charge >= 0.3 is 0 Å². The number of anilines is 2. The predicted octanol–water partition coefficient (Wildman–Crippen LogP) is 0.581. The first-order valence-corrected chi connectivity index (χ1v) is 5.20. The van der Waals surface area contributed by atoms with E-state index in [1.54, 1.807) is 12.3 Å². The van der Waals surface area contributed by atoms with Crippen molar-refractivity contribution in [1.29, 1.82) is 5.26 Å². The van der Waals surface area contributed by atoms with Crippen LogP contribution in [0.25, 0.3) is 0 Å². The van der Waals surface area contributed by atoms with Crippen LogP contribution in [0.1, 0.15) is 12.0 Å². The zero-order chi connectivity index (χ0) is 12.0. The Hall–Kier alpha value is -1.80. The van der Waals surface area contributed by atoms with Gasteiger partial charge < -0.3 is 16.0 Å². The van der Waals surface area contributed by atoms with E-state index >= 15 is 0 Å². The Morgan fingerprint density at radius 2 is 2.38 bits per heavy atom. The molecule has 0 fully saturated rings. The maximum atomic E-state index is 8.98. The summed E-state index contributed by atoms with van der Waals surface area (Å²) in [4.78, 5) is 6.15. The van der Waals surface area contributed by atoms with E-state index in [-0.39, 0.29) is 0 Å². The van der Waals surface area contributed by atoms with Crippen LogP contribution in [0.2, 0.25) is 0 Å². The molecule has 0 unspecified atom stereocenters. The minimum absolute atomic E-state index is 0.518. The third kappa shape index (κ3) is 3.11. The summed E-state index contributed by atoms with van der Waals surface area (Å²) in [7, 11) is 3.84. The summed E-state index contributed by atoms with van der Waals surface area (Å²) >= 11 is 0. The Labute approximate surface area is 95.9 Å². The van der Waals surface area contributed by atoms with E-state index in [0.29, 0.717) is 17.1 Å². The fraction of sp³-hybridized carbons (Fsp3) is 0.455. The Morgan fingerprint density at radius 3 is 3.00 bits per heavy atom. The van der Waals surface area contributed by atoms with Gasteiger partial charge in [-0.3, -0.25) is 0 Å². The summed E-state index contributed by atoms with van der Waals surface area (Å²) in [6, 6.07) is 3.76. The van der Waals surface area contributed by atoms with Crippen LogP contribution in [0, 0.1) is 11.3 Å². The molecule has 1 rings (SSSR count). The molecule has 0 aromatic carbocycles. The van der Waals surface area contributed by atoms with E-state index in [0.717, 1.165) is 19.5 Å². The van der Waals surface area contributed by atoms with Gasteiger partial charge in [0.2, 0.25) is 0 Å². The van der Waals surface area contributed by atoms with Crippen molar-refractivity contribution in [2.45, 2.75) is 6.42 Å². The number of nitrogens with one attached hydrogen (secondary N) is 1. The van der Waals surface area contributed by atoms with Gasteiger partial charge in [0.15, 0.2) is 0 Å². The first-order chi connectivity index (χ1) is 7.69. The summed E-state index contributed by atoms with van der Waals surface area (Å²) in [6.45, 7) is 1.80. The summed E-state index contributed by atoms with van der Waals surface area (Å²) in [5, 5.41) is 12.1. The zero-order valence-corrected chi connectivity index (χ0v) is 9.70. The first kappa shape index (κ1) is 12.3. The highest BCUT2D eigenvalue weighted by molar-refractivity contribution is 5.58. The van der Waals surface area contributed by atoms with Crippen LogP contribution in [-0.4, -0.2) is 32.2 Å². The highest BCUT2D eigenvalue weighted by Gasteiger charge is 2.08. The zero-order valence-electron chi connectivity index (χ0n) is 9.70. The molecule has 5 nitrogen and oxygen atoms in total. The predicted molar refractivity (Wildman–Crippen MR) is 65.2 cm³/mol.